The van der Waals surface area contributed by atoms with Crippen molar-refractivity contribution in [3.63, 3.8) is 0 Å². The van der Waals surface area contributed by atoms with Crippen molar-refractivity contribution in [3.8, 4) is 0 Å². The van der Waals surface area contributed by atoms with Crippen LogP contribution in [0.5, 0.6) is 0 Å². The van der Waals surface area contributed by atoms with Gasteiger partial charge < -0.3 is 10.1 Å². The molecule has 0 saturated carbocycles. The van der Waals surface area contributed by atoms with Crippen LogP contribution < -0.4 is 5.32 Å². The van der Waals surface area contributed by atoms with Crippen molar-refractivity contribution < 1.29 is 4.74 Å². The van der Waals surface area contributed by atoms with E-state index in [0.29, 0.717) is 0 Å². The van der Waals surface area contributed by atoms with E-state index in [4.69, 9.17) is 4.74 Å². The van der Waals surface area contributed by atoms with Gasteiger partial charge in [0.25, 0.3) is 0 Å². The highest BCUT2D eigenvalue weighted by Crippen LogP contribution is 2.26. The monoisotopic (exact) mass is 219 g/mol. The summed E-state index contributed by atoms with van der Waals surface area (Å²) in [5.41, 5.74) is 1.62. The molecule has 2 nitrogen and oxygen atoms in total. The van der Waals surface area contributed by atoms with Gasteiger partial charge in [0.15, 0.2) is 0 Å². The van der Waals surface area contributed by atoms with E-state index in [1.807, 2.05) is 0 Å². The topological polar surface area (TPSA) is 21.3 Å². The molecule has 1 fully saturated rings. The van der Waals surface area contributed by atoms with Crippen molar-refractivity contribution in [2.75, 3.05) is 20.3 Å². The van der Waals surface area contributed by atoms with Gasteiger partial charge in [0.05, 0.1) is 6.61 Å². The fourth-order valence-electron chi connectivity index (χ4n) is 2.69. The van der Waals surface area contributed by atoms with Gasteiger partial charge in [-0.15, -0.1) is 0 Å². The molecule has 0 spiro atoms. The second-order valence-electron chi connectivity index (χ2n) is 5.13. The third kappa shape index (κ3) is 2.83. The molecule has 0 bridgehead atoms. The normalized spacial score (nSPS) is 29.5. The molecule has 1 aromatic rings. The summed E-state index contributed by atoms with van der Waals surface area (Å²) >= 11 is 0. The van der Waals surface area contributed by atoms with E-state index >= 15 is 0 Å². The lowest BCUT2D eigenvalue weighted by Crippen LogP contribution is -2.40. The number of nitrogens with one attached hydrogen (secondary N) is 1. The van der Waals surface area contributed by atoms with E-state index in [-0.39, 0.29) is 5.54 Å². The maximum atomic E-state index is 5.26. The Kier molecular flexibility index (Phi) is 3.62. The first-order valence-corrected chi connectivity index (χ1v) is 6.00. The van der Waals surface area contributed by atoms with Crippen LogP contribution in [0.3, 0.4) is 0 Å². The fraction of sp³-hybridized carbons (Fsp3) is 0.571. The summed E-state index contributed by atoms with van der Waals surface area (Å²) in [7, 11) is 1.78. The molecule has 16 heavy (non-hydrogen) atoms. The van der Waals surface area contributed by atoms with Crippen LogP contribution in [0.4, 0.5) is 0 Å². The zero-order valence-electron chi connectivity index (χ0n) is 10.2. The largest absolute Gasteiger partial charge is 0.383 e. The summed E-state index contributed by atoms with van der Waals surface area (Å²) in [6, 6.07) is 10.7. The number of benzene rings is 1. The summed E-state index contributed by atoms with van der Waals surface area (Å²) in [5, 5.41) is 3.58. The zero-order chi connectivity index (χ0) is 11.4. The third-order valence-corrected chi connectivity index (χ3v) is 3.39. The molecule has 1 aromatic carbocycles. The Morgan fingerprint density at radius 1 is 1.38 bits per heavy atom. The van der Waals surface area contributed by atoms with E-state index in [9.17, 15) is 0 Å². The molecule has 2 unspecified atom stereocenters. The minimum Gasteiger partial charge on any atom is -0.383 e. The first-order chi connectivity index (χ1) is 7.72. The summed E-state index contributed by atoms with van der Waals surface area (Å²) < 4.78 is 5.26. The number of hydrogen-bond donors (Lipinski definition) is 1. The maximum absolute atomic E-state index is 5.26. The minimum atomic E-state index is 0.175. The molecule has 2 heteroatoms. The van der Waals surface area contributed by atoms with E-state index in [1.165, 1.54) is 18.4 Å². The Labute approximate surface area is 98.0 Å². The first kappa shape index (κ1) is 11.6. The van der Waals surface area contributed by atoms with Crippen molar-refractivity contribution >= 4 is 0 Å². The van der Waals surface area contributed by atoms with Gasteiger partial charge in [0.2, 0.25) is 0 Å². The summed E-state index contributed by atoms with van der Waals surface area (Å²) in [5.74, 6) is 0.738. The number of ether oxygens (including phenoxy) is 1. The standard InChI is InChI=1S/C14H21NO/c1-14(11-16-2)9-13(10-15-14)8-12-6-4-3-5-7-12/h3-7,13,15H,8-11H2,1-2H3. The van der Waals surface area contributed by atoms with Crippen molar-refractivity contribution in [2.24, 2.45) is 5.92 Å². The smallest absolute Gasteiger partial charge is 0.0641 e. The van der Waals surface area contributed by atoms with Crippen LogP contribution in [-0.2, 0) is 11.2 Å². The molecule has 0 radical (unpaired) electrons. The Bertz CT molecular complexity index is 325. The van der Waals surface area contributed by atoms with Crippen molar-refractivity contribution in [2.45, 2.75) is 25.3 Å². The molecule has 2 atom stereocenters. The van der Waals surface area contributed by atoms with Crippen molar-refractivity contribution in [1.29, 1.82) is 0 Å². The predicted molar refractivity (Wildman–Crippen MR) is 66.5 cm³/mol. The highest BCUT2D eigenvalue weighted by atomic mass is 16.5. The maximum Gasteiger partial charge on any atom is 0.0641 e. The van der Waals surface area contributed by atoms with Gasteiger partial charge in [-0.05, 0) is 37.8 Å². The van der Waals surface area contributed by atoms with Crippen molar-refractivity contribution in [3.05, 3.63) is 35.9 Å². The lowest BCUT2D eigenvalue weighted by Gasteiger charge is -2.23. The van der Waals surface area contributed by atoms with Gasteiger partial charge >= 0.3 is 0 Å². The van der Waals surface area contributed by atoms with Crippen LogP contribution in [0.25, 0.3) is 0 Å². The van der Waals surface area contributed by atoms with E-state index in [0.717, 1.165) is 19.1 Å². The first-order valence-electron chi connectivity index (χ1n) is 6.00. The molecule has 0 aliphatic carbocycles. The molecule has 0 aromatic heterocycles. The van der Waals surface area contributed by atoms with E-state index < -0.39 is 0 Å². The Morgan fingerprint density at radius 3 is 2.81 bits per heavy atom. The molecule has 1 heterocycles. The van der Waals surface area contributed by atoms with Crippen LogP contribution in [0.1, 0.15) is 18.9 Å². The number of hydrogen-bond acceptors (Lipinski definition) is 2. The van der Waals surface area contributed by atoms with Crippen LogP contribution in [-0.4, -0.2) is 25.8 Å². The van der Waals surface area contributed by atoms with E-state index in [1.54, 1.807) is 7.11 Å². The van der Waals surface area contributed by atoms with E-state index in [2.05, 4.69) is 42.6 Å². The van der Waals surface area contributed by atoms with Gasteiger partial charge in [-0.1, -0.05) is 30.3 Å². The third-order valence-electron chi connectivity index (χ3n) is 3.39. The van der Waals surface area contributed by atoms with Crippen LogP contribution >= 0.6 is 0 Å². The van der Waals surface area contributed by atoms with Crippen LogP contribution in [0, 0.1) is 5.92 Å². The molecule has 1 aliphatic rings. The zero-order valence-corrected chi connectivity index (χ0v) is 10.2. The molecule has 2 rings (SSSR count). The van der Waals surface area contributed by atoms with Gasteiger partial charge in [-0.25, -0.2) is 0 Å². The predicted octanol–water partition coefficient (Wildman–Crippen LogP) is 2.24. The Balaban J connectivity index is 1.90. The fourth-order valence-corrected chi connectivity index (χ4v) is 2.69. The quantitative estimate of drug-likeness (QED) is 0.838. The van der Waals surface area contributed by atoms with Gasteiger partial charge in [0, 0.05) is 12.6 Å². The second kappa shape index (κ2) is 4.98. The summed E-state index contributed by atoms with van der Waals surface area (Å²) in [6.07, 6.45) is 2.38. The lowest BCUT2D eigenvalue weighted by atomic mass is 9.91. The molecule has 1 saturated heterocycles. The lowest BCUT2D eigenvalue weighted by molar-refractivity contribution is 0.128. The average Bonchev–Trinajstić information content (AvgIpc) is 2.62. The minimum absolute atomic E-state index is 0.175. The van der Waals surface area contributed by atoms with Crippen LogP contribution in [0.2, 0.25) is 0 Å². The average molecular weight is 219 g/mol. The Hall–Kier alpha value is -0.860. The van der Waals surface area contributed by atoms with Gasteiger partial charge in [0.1, 0.15) is 0 Å². The Morgan fingerprint density at radius 2 is 2.12 bits per heavy atom. The highest BCUT2D eigenvalue weighted by molar-refractivity contribution is 5.16. The molecule has 88 valence electrons. The second-order valence-corrected chi connectivity index (χ2v) is 5.13. The molecule has 0 amide bonds. The number of rotatable bonds is 4. The summed E-state index contributed by atoms with van der Waals surface area (Å²) in [4.78, 5) is 0. The number of methoxy groups -OCH3 is 1. The van der Waals surface area contributed by atoms with Crippen LogP contribution in [0.15, 0.2) is 30.3 Å². The summed E-state index contributed by atoms with van der Waals surface area (Å²) in [6.45, 7) is 4.16. The molecule has 1 N–H and O–H groups in total. The van der Waals surface area contributed by atoms with Crippen molar-refractivity contribution in [1.82, 2.24) is 5.32 Å². The molecule has 1 aliphatic heterocycles. The molecular weight excluding hydrogens is 198 g/mol. The SMILES string of the molecule is COCC1(C)CC(Cc2ccccc2)CN1. The van der Waals surface area contributed by atoms with Gasteiger partial charge in [-0.3, -0.25) is 0 Å². The van der Waals surface area contributed by atoms with Gasteiger partial charge in [-0.2, -0.15) is 0 Å². The molecular formula is C14H21NO. The highest BCUT2D eigenvalue weighted by Gasteiger charge is 2.34.